The van der Waals surface area contributed by atoms with Crippen molar-refractivity contribution >= 4 is 50.9 Å². The van der Waals surface area contributed by atoms with E-state index in [0.717, 1.165) is 61.4 Å². The highest BCUT2D eigenvalue weighted by Gasteiger charge is 2.19. The molecule has 2 aromatic heterocycles. The molecule has 3 aromatic rings. The average molecular weight is 552 g/mol. The third-order valence-electron chi connectivity index (χ3n) is 5.33. The summed E-state index contributed by atoms with van der Waals surface area (Å²) < 4.78 is 6.01. The summed E-state index contributed by atoms with van der Waals surface area (Å²) in [5, 5.41) is 5.68. The van der Waals surface area contributed by atoms with E-state index in [1.165, 1.54) is 6.20 Å². The van der Waals surface area contributed by atoms with Crippen LogP contribution in [0.2, 0.25) is 5.02 Å². The van der Waals surface area contributed by atoms with Crippen molar-refractivity contribution in [1.29, 1.82) is 0 Å². The van der Waals surface area contributed by atoms with Crippen LogP contribution in [0.15, 0.2) is 36.7 Å². The van der Waals surface area contributed by atoms with Crippen molar-refractivity contribution in [3.63, 3.8) is 0 Å². The van der Waals surface area contributed by atoms with Gasteiger partial charge in [0.2, 0.25) is 0 Å². The number of nitrogens with zero attached hydrogens (tertiary/aromatic N) is 4. The quantitative estimate of drug-likeness (QED) is 0.471. The third kappa shape index (κ3) is 5.31. The Kier molecular flexibility index (Phi) is 7.31. The molecule has 1 aliphatic heterocycles. The molecule has 0 spiro atoms. The van der Waals surface area contributed by atoms with Gasteiger partial charge in [-0.1, -0.05) is 23.7 Å². The smallest absolute Gasteiger partial charge is 0.273 e. The van der Waals surface area contributed by atoms with Gasteiger partial charge in [0.1, 0.15) is 3.70 Å². The Balaban J connectivity index is 1.59. The molecule has 1 saturated heterocycles. The molecule has 1 fully saturated rings. The number of halogens is 2. The topological polar surface area (TPSA) is 80.2 Å². The second-order valence-electron chi connectivity index (χ2n) is 7.43. The number of ether oxygens (including phenoxy) is 1. The highest BCUT2D eigenvalue weighted by molar-refractivity contribution is 14.1. The molecule has 162 valence electrons. The van der Waals surface area contributed by atoms with E-state index in [2.05, 4.69) is 20.2 Å². The molecule has 0 radical (unpaired) electrons. The second kappa shape index (κ2) is 10.2. The Morgan fingerprint density at radius 3 is 2.84 bits per heavy atom. The first-order chi connectivity index (χ1) is 15.0. The van der Waals surface area contributed by atoms with E-state index >= 15 is 0 Å². The van der Waals surface area contributed by atoms with Crippen LogP contribution in [0.25, 0.3) is 10.8 Å². The third-order valence-corrected chi connectivity index (χ3v) is 6.43. The molecule has 1 aliphatic rings. The van der Waals surface area contributed by atoms with E-state index in [0.29, 0.717) is 14.4 Å². The maximum absolute atomic E-state index is 12.7. The molecule has 3 heterocycles. The van der Waals surface area contributed by atoms with Gasteiger partial charge in [0.25, 0.3) is 5.91 Å². The van der Waals surface area contributed by atoms with Crippen molar-refractivity contribution in [3.8, 4) is 0 Å². The van der Waals surface area contributed by atoms with Crippen LogP contribution in [0.4, 0.5) is 0 Å². The van der Waals surface area contributed by atoms with E-state index in [-0.39, 0.29) is 11.9 Å². The normalized spacial score (nSPS) is 15.7. The number of pyridine rings is 1. The largest absolute Gasteiger partial charge is 0.379 e. The molecular weight excluding hydrogens is 529 g/mol. The highest BCUT2D eigenvalue weighted by atomic mass is 127. The summed E-state index contributed by atoms with van der Waals surface area (Å²) in [5.41, 5.74) is 2.05. The highest BCUT2D eigenvalue weighted by Crippen LogP contribution is 2.29. The molecule has 1 N–H and O–H groups in total. The zero-order valence-corrected chi connectivity index (χ0v) is 20.1. The Hall–Kier alpha value is -1.88. The van der Waals surface area contributed by atoms with Crippen molar-refractivity contribution in [1.82, 2.24) is 25.2 Å². The van der Waals surface area contributed by atoms with Crippen LogP contribution in [0.5, 0.6) is 0 Å². The van der Waals surface area contributed by atoms with Crippen molar-refractivity contribution < 1.29 is 9.53 Å². The molecule has 31 heavy (non-hydrogen) atoms. The zero-order chi connectivity index (χ0) is 21.8. The molecule has 0 bridgehead atoms. The Labute approximate surface area is 199 Å². The van der Waals surface area contributed by atoms with Gasteiger partial charge in [0.15, 0.2) is 5.69 Å². The number of hydrogen-bond acceptors (Lipinski definition) is 6. The maximum Gasteiger partial charge on any atom is 0.273 e. The summed E-state index contributed by atoms with van der Waals surface area (Å²) in [7, 11) is 0. The van der Waals surface area contributed by atoms with Gasteiger partial charge in [-0.15, -0.1) is 0 Å². The number of nitrogens with one attached hydrogen (secondary N) is 1. The molecule has 0 aliphatic carbocycles. The van der Waals surface area contributed by atoms with E-state index in [1.54, 1.807) is 6.20 Å². The summed E-state index contributed by atoms with van der Waals surface area (Å²) in [6, 6.07) is 7.56. The number of carbonyl (C=O) groups excluding carboxylic acids is 1. The number of hydrogen-bond donors (Lipinski definition) is 1. The van der Waals surface area contributed by atoms with Crippen LogP contribution in [-0.4, -0.2) is 58.6 Å². The maximum atomic E-state index is 12.7. The summed E-state index contributed by atoms with van der Waals surface area (Å²) in [4.78, 5) is 28.3. The lowest BCUT2D eigenvalue weighted by molar-refractivity contribution is 0.0384. The van der Waals surface area contributed by atoms with Crippen molar-refractivity contribution in [2.24, 2.45) is 0 Å². The predicted octanol–water partition coefficient (Wildman–Crippen LogP) is 3.65. The van der Waals surface area contributed by atoms with Gasteiger partial charge in [0.05, 0.1) is 35.7 Å². The van der Waals surface area contributed by atoms with Crippen LogP contribution in [0.1, 0.15) is 34.8 Å². The van der Waals surface area contributed by atoms with Gasteiger partial charge in [-0.3, -0.25) is 14.7 Å². The number of morpholine rings is 1. The predicted molar refractivity (Wildman–Crippen MR) is 128 cm³/mol. The molecular formula is C22H23ClIN5O2. The van der Waals surface area contributed by atoms with Gasteiger partial charge >= 0.3 is 0 Å². The molecule has 1 aromatic carbocycles. The number of fused-ring (bicyclic) bond motifs is 1. The minimum absolute atomic E-state index is 0.271. The van der Waals surface area contributed by atoms with Crippen LogP contribution in [0.3, 0.4) is 0 Å². The van der Waals surface area contributed by atoms with E-state index < -0.39 is 0 Å². The molecule has 9 heteroatoms. The van der Waals surface area contributed by atoms with Crippen LogP contribution in [-0.2, 0) is 11.2 Å². The number of rotatable bonds is 6. The van der Waals surface area contributed by atoms with Crippen LogP contribution in [0, 0.1) is 3.70 Å². The first kappa shape index (κ1) is 22.3. The standard InChI is InChI=1S/C22H23ClIN5O2/c1-14(27-22(30)20-21(24)26-7-6-25-20)18-13-15-3-2-4-16(23)19(15)17(28-18)5-8-29-9-11-31-12-10-29/h2-4,6-7,13-14H,5,8-12H2,1H3,(H,27,30)/t14-/m0/s1. The summed E-state index contributed by atoms with van der Waals surface area (Å²) in [5.74, 6) is -0.271. The lowest BCUT2D eigenvalue weighted by Crippen LogP contribution is -2.37. The second-order valence-corrected chi connectivity index (χ2v) is 8.86. The average Bonchev–Trinajstić information content (AvgIpc) is 2.78. The van der Waals surface area contributed by atoms with E-state index in [4.69, 9.17) is 21.3 Å². The first-order valence-electron chi connectivity index (χ1n) is 10.2. The fourth-order valence-corrected chi connectivity index (χ4v) is 4.51. The van der Waals surface area contributed by atoms with Crippen molar-refractivity contribution in [3.05, 3.63) is 62.5 Å². The molecule has 7 nitrogen and oxygen atoms in total. The van der Waals surface area contributed by atoms with Gasteiger partial charge < -0.3 is 10.1 Å². The number of aromatic nitrogens is 3. The van der Waals surface area contributed by atoms with Gasteiger partial charge in [-0.25, -0.2) is 9.97 Å². The van der Waals surface area contributed by atoms with E-state index in [9.17, 15) is 4.79 Å². The van der Waals surface area contributed by atoms with Crippen LogP contribution < -0.4 is 5.32 Å². The molecule has 1 amide bonds. The molecule has 0 unspecified atom stereocenters. The Morgan fingerprint density at radius 2 is 2.06 bits per heavy atom. The first-order valence-corrected chi connectivity index (χ1v) is 11.6. The lowest BCUT2D eigenvalue weighted by atomic mass is 10.0. The number of carbonyl (C=O) groups is 1. The molecule has 4 rings (SSSR count). The minimum atomic E-state index is -0.296. The number of benzene rings is 1. The van der Waals surface area contributed by atoms with Gasteiger partial charge in [0, 0.05) is 43.8 Å². The number of amides is 1. The van der Waals surface area contributed by atoms with Gasteiger partial charge in [-0.2, -0.15) is 0 Å². The monoisotopic (exact) mass is 551 g/mol. The van der Waals surface area contributed by atoms with Crippen LogP contribution >= 0.6 is 34.2 Å². The Morgan fingerprint density at radius 1 is 1.29 bits per heavy atom. The van der Waals surface area contributed by atoms with Crippen molar-refractivity contribution in [2.75, 3.05) is 32.8 Å². The fraction of sp³-hybridized carbons (Fsp3) is 0.364. The zero-order valence-electron chi connectivity index (χ0n) is 17.1. The van der Waals surface area contributed by atoms with Gasteiger partial charge in [-0.05, 0) is 47.0 Å². The molecule has 1 atom stereocenters. The van der Waals surface area contributed by atoms with Crippen molar-refractivity contribution in [2.45, 2.75) is 19.4 Å². The summed E-state index contributed by atoms with van der Waals surface area (Å²) >= 11 is 8.55. The van der Waals surface area contributed by atoms with E-state index in [1.807, 2.05) is 53.8 Å². The Bertz CT molecular complexity index is 1090. The minimum Gasteiger partial charge on any atom is -0.379 e. The summed E-state index contributed by atoms with van der Waals surface area (Å²) in [6.07, 6.45) is 3.86. The summed E-state index contributed by atoms with van der Waals surface area (Å²) in [6.45, 7) is 6.19. The fourth-order valence-electron chi connectivity index (χ4n) is 3.67. The lowest BCUT2D eigenvalue weighted by Gasteiger charge is -2.26. The SMILES string of the molecule is C[C@H](NC(=O)c1nccnc1I)c1cc2cccc(Cl)c2c(CCN2CCOCC2)n1. The molecule has 0 saturated carbocycles.